The third kappa shape index (κ3) is 4.57. The van der Waals surface area contributed by atoms with E-state index in [0.717, 1.165) is 34.3 Å². The van der Waals surface area contributed by atoms with E-state index >= 15 is 0 Å². The SMILES string of the molecule is O=C(Nc1cc2cc(-c3cnn4c3CN(CCF)CC4)ncc2cn1)C1CCC(F)(F)CC1. The van der Waals surface area contributed by atoms with E-state index in [9.17, 15) is 18.0 Å². The number of aromatic nitrogens is 4. The lowest BCUT2D eigenvalue weighted by Gasteiger charge is -2.27. The number of carbonyl (C=O) groups excluding carboxylic acids is 1. The predicted octanol–water partition coefficient (Wildman–Crippen LogP) is 4.04. The van der Waals surface area contributed by atoms with Crippen molar-refractivity contribution >= 4 is 22.5 Å². The molecule has 10 heteroatoms. The highest BCUT2D eigenvalue weighted by atomic mass is 19.3. The second kappa shape index (κ2) is 8.74. The molecule has 1 fully saturated rings. The summed E-state index contributed by atoms with van der Waals surface area (Å²) in [6, 6.07) is 3.68. The molecule has 3 aromatic rings. The molecule has 2 aliphatic rings. The molecule has 0 bridgehead atoms. The van der Waals surface area contributed by atoms with Crippen molar-refractivity contribution in [2.24, 2.45) is 5.92 Å². The molecule has 1 saturated carbocycles. The largest absolute Gasteiger partial charge is 0.310 e. The minimum atomic E-state index is -2.67. The van der Waals surface area contributed by atoms with Crippen LogP contribution < -0.4 is 5.32 Å². The number of amides is 1. The normalized spacial score (nSPS) is 18.9. The van der Waals surface area contributed by atoms with Gasteiger partial charge in [0.15, 0.2) is 0 Å². The number of anilines is 1. The summed E-state index contributed by atoms with van der Waals surface area (Å²) >= 11 is 0. The maximum Gasteiger partial charge on any atom is 0.248 e. The van der Waals surface area contributed by atoms with Gasteiger partial charge >= 0.3 is 0 Å². The molecule has 0 aromatic carbocycles. The van der Waals surface area contributed by atoms with Crippen LogP contribution in [0, 0.1) is 5.92 Å². The third-order valence-electron chi connectivity index (χ3n) is 6.57. The fraction of sp³-hybridized carbons (Fsp3) is 0.478. The number of rotatable bonds is 5. The Morgan fingerprint density at radius 2 is 1.88 bits per heavy atom. The van der Waals surface area contributed by atoms with Gasteiger partial charge in [0.25, 0.3) is 0 Å². The zero-order valence-electron chi connectivity index (χ0n) is 18.1. The van der Waals surface area contributed by atoms with Crippen molar-refractivity contribution in [2.75, 3.05) is 25.1 Å². The molecule has 1 N–H and O–H groups in total. The van der Waals surface area contributed by atoms with Crippen molar-refractivity contribution in [1.29, 1.82) is 0 Å². The number of hydrogen-bond donors (Lipinski definition) is 1. The van der Waals surface area contributed by atoms with Gasteiger partial charge in [0.2, 0.25) is 11.8 Å². The smallest absolute Gasteiger partial charge is 0.248 e. The Hall–Kier alpha value is -3.01. The first-order valence-corrected chi connectivity index (χ1v) is 11.2. The number of fused-ring (bicyclic) bond motifs is 2. The minimum absolute atomic E-state index is 0.173. The summed E-state index contributed by atoms with van der Waals surface area (Å²) in [5.41, 5.74) is 2.63. The Bertz CT molecular complexity index is 1170. The van der Waals surface area contributed by atoms with Crippen LogP contribution in [0.2, 0.25) is 0 Å². The highest BCUT2D eigenvalue weighted by Gasteiger charge is 2.37. The molecule has 5 rings (SSSR count). The average molecular weight is 458 g/mol. The van der Waals surface area contributed by atoms with Crippen molar-refractivity contribution in [1.82, 2.24) is 24.6 Å². The molecular weight excluding hydrogens is 433 g/mol. The van der Waals surface area contributed by atoms with Crippen LogP contribution in [-0.4, -0.2) is 56.2 Å². The summed E-state index contributed by atoms with van der Waals surface area (Å²) in [6.45, 7) is 2.08. The van der Waals surface area contributed by atoms with Gasteiger partial charge in [-0.1, -0.05) is 0 Å². The average Bonchev–Trinajstić information content (AvgIpc) is 3.22. The van der Waals surface area contributed by atoms with Gasteiger partial charge in [0.05, 0.1) is 24.1 Å². The molecule has 3 aromatic heterocycles. The Labute approximate surface area is 189 Å². The van der Waals surface area contributed by atoms with Crippen LogP contribution >= 0.6 is 0 Å². The first-order chi connectivity index (χ1) is 15.9. The highest BCUT2D eigenvalue weighted by Crippen LogP contribution is 2.36. The molecule has 1 aliphatic heterocycles. The molecule has 0 saturated heterocycles. The van der Waals surface area contributed by atoms with Crippen LogP contribution in [0.3, 0.4) is 0 Å². The summed E-state index contributed by atoms with van der Waals surface area (Å²) in [6.07, 6.45) is 4.96. The molecule has 7 nitrogen and oxygen atoms in total. The van der Waals surface area contributed by atoms with E-state index in [0.29, 0.717) is 25.5 Å². The quantitative estimate of drug-likeness (QED) is 0.625. The van der Waals surface area contributed by atoms with E-state index in [1.165, 1.54) is 0 Å². The van der Waals surface area contributed by atoms with E-state index in [4.69, 9.17) is 0 Å². The number of nitrogens with one attached hydrogen (secondary N) is 1. The molecule has 0 unspecified atom stereocenters. The van der Waals surface area contributed by atoms with Crippen LogP contribution in [0.4, 0.5) is 19.0 Å². The van der Waals surface area contributed by atoms with Gasteiger partial charge in [-0.2, -0.15) is 5.10 Å². The zero-order valence-corrected chi connectivity index (χ0v) is 18.1. The van der Waals surface area contributed by atoms with E-state index in [-0.39, 0.29) is 38.3 Å². The summed E-state index contributed by atoms with van der Waals surface area (Å²) in [4.78, 5) is 23.5. The number of carbonyl (C=O) groups is 1. The molecule has 4 heterocycles. The van der Waals surface area contributed by atoms with Gasteiger partial charge in [-0.05, 0) is 30.4 Å². The number of hydrogen-bond acceptors (Lipinski definition) is 5. The van der Waals surface area contributed by atoms with E-state index in [2.05, 4.69) is 25.3 Å². The fourth-order valence-electron chi connectivity index (χ4n) is 4.61. The van der Waals surface area contributed by atoms with Crippen molar-refractivity contribution in [2.45, 2.75) is 44.7 Å². The first kappa shape index (κ1) is 21.8. The Balaban J connectivity index is 1.36. The van der Waals surface area contributed by atoms with Crippen LogP contribution in [0.25, 0.3) is 22.0 Å². The van der Waals surface area contributed by atoms with E-state index < -0.39 is 11.8 Å². The van der Waals surface area contributed by atoms with Gasteiger partial charge < -0.3 is 5.32 Å². The van der Waals surface area contributed by atoms with Crippen molar-refractivity contribution in [3.63, 3.8) is 0 Å². The number of pyridine rings is 2. The Morgan fingerprint density at radius 1 is 1.09 bits per heavy atom. The van der Waals surface area contributed by atoms with Crippen LogP contribution in [0.5, 0.6) is 0 Å². The maximum absolute atomic E-state index is 13.4. The molecule has 0 radical (unpaired) electrons. The summed E-state index contributed by atoms with van der Waals surface area (Å²) in [5.74, 6) is -2.99. The first-order valence-electron chi connectivity index (χ1n) is 11.2. The Kier molecular flexibility index (Phi) is 5.77. The van der Waals surface area contributed by atoms with Gasteiger partial charge in [0.1, 0.15) is 12.5 Å². The predicted molar refractivity (Wildman–Crippen MR) is 118 cm³/mol. The lowest BCUT2D eigenvalue weighted by Crippen LogP contribution is -2.35. The minimum Gasteiger partial charge on any atom is -0.310 e. The molecule has 1 aliphatic carbocycles. The standard InChI is InChI=1S/C23H25F3N6O/c24-5-6-31-7-8-32-20(14-31)18(13-29-32)19-9-16-10-21(28-12-17(16)11-27-19)30-22(33)15-1-3-23(25,26)4-2-15/h9-13,15H,1-8,14H2,(H,28,30,33). The second-order valence-corrected chi connectivity index (χ2v) is 8.80. The Morgan fingerprint density at radius 3 is 2.67 bits per heavy atom. The van der Waals surface area contributed by atoms with Gasteiger partial charge in [0, 0.05) is 61.7 Å². The lowest BCUT2D eigenvalue weighted by molar-refractivity contribution is -0.124. The number of halogens is 3. The molecule has 174 valence electrons. The summed E-state index contributed by atoms with van der Waals surface area (Å²) in [5, 5.41) is 8.90. The summed E-state index contributed by atoms with van der Waals surface area (Å²) < 4.78 is 41.5. The van der Waals surface area contributed by atoms with Crippen LogP contribution in [-0.2, 0) is 17.9 Å². The van der Waals surface area contributed by atoms with Crippen LogP contribution in [0.15, 0.2) is 30.7 Å². The highest BCUT2D eigenvalue weighted by molar-refractivity contribution is 5.94. The molecular formula is C23H25F3N6O. The topological polar surface area (TPSA) is 75.9 Å². The van der Waals surface area contributed by atoms with E-state index in [1.54, 1.807) is 24.7 Å². The number of nitrogens with zero attached hydrogens (tertiary/aromatic N) is 5. The molecule has 1 amide bonds. The van der Waals surface area contributed by atoms with E-state index in [1.807, 2.05) is 10.7 Å². The van der Waals surface area contributed by atoms with Gasteiger partial charge in [-0.3, -0.25) is 19.4 Å². The monoisotopic (exact) mass is 458 g/mol. The lowest BCUT2D eigenvalue weighted by atomic mass is 9.86. The van der Waals surface area contributed by atoms with Crippen molar-refractivity contribution in [3.05, 3.63) is 36.4 Å². The number of alkyl halides is 3. The summed E-state index contributed by atoms with van der Waals surface area (Å²) in [7, 11) is 0. The maximum atomic E-state index is 13.4. The molecule has 0 spiro atoms. The fourth-order valence-corrected chi connectivity index (χ4v) is 4.61. The zero-order chi connectivity index (χ0) is 23.0. The second-order valence-electron chi connectivity index (χ2n) is 8.80. The molecule has 33 heavy (non-hydrogen) atoms. The third-order valence-corrected chi connectivity index (χ3v) is 6.57. The van der Waals surface area contributed by atoms with Crippen molar-refractivity contribution < 1.29 is 18.0 Å². The van der Waals surface area contributed by atoms with Crippen molar-refractivity contribution in [3.8, 4) is 11.3 Å². The van der Waals surface area contributed by atoms with Gasteiger partial charge in [-0.15, -0.1) is 0 Å². The van der Waals surface area contributed by atoms with Gasteiger partial charge in [-0.25, -0.2) is 18.2 Å². The molecule has 0 atom stereocenters. The van der Waals surface area contributed by atoms with Crippen LogP contribution in [0.1, 0.15) is 31.4 Å².